The quantitative estimate of drug-likeness (QED) is 0.781. The van der Waals surface area contributed by atoms with Crippen LogP contribution < -0.4 is 0 Å². The standard InChI is InChI=1S/C23H30N2O/c1-3-16-25(21-14-17-24(2)18-15-21)23(26)22(19-10-6-4-7-11-19)20-12-8-5-9-13-20/h4-13,21-22H,3,14-18H2,1-2H3. The van der Waals surface area contributed by atoms with E-state index in [2.05, 4.69) is 48.0 Å². The van der Waals surface area contributed by atoms with Gasteiger partial charge < -0.3 is 9.80 Å². The first-order valence-corrected chi connectivity index (χ1v) is 9.79. The Morgan fingerprint density at radius 1 is 1.00 bits per heavy atom. The molecule has 0 radical (unpaired) electrons. The van der Waals surface area contributed by atoms with Crippen molar-refractivity contribution in [1.82, 2.24) is 9.80 Å². The molecule has 0 saturated carbocycles. The van der Waals surface area contributed by atoms with E-state index in [0.29, 0.717) is 6.04 Å². The highest BCUT2D eigenvalue weighted by molar-refractivity contribution is 5.87. The molecule has 0 aliphatic carbocycles. The third kappa shape index (κ3) is 4.34. The Balaban J connectivity index is 1.92. The second-order valence-corrected chi connectivity index (χ2v) is 7.32. The average molecular weight is 351 g/mol. The van der Waals surface area contributed by atoms with Gasteiger partial charge in [-0.05, 0) is 50.5 Å². The molecule has 1 saturated heterocycles. The van der Waals surface area contributed by atoms with Crippen molar-refractivity contribution in [2.24, 2.45) is 0 Å². The minimum Gasteiger partial charge on any atom is -0.339 e. The maximum absolute atomic E-state index is 13.7. The largest absolute Gasteiger partial charge is 0.339 e. The van der Waals surface area contributed by atoms with E-state index < -0.39 is 0 Å². The zero-order valence-corrected chi connectivity index (χ0v) is 16.0. The normalized spacial score (nSPS) is 16.0. The highest BCUT2D eigenvalue weighted by Gasteiger charge is 2.32. The van der Waals surface area contributed by atoms with Gasteiger partial charge in [0.15, 0.2) is 0 Å². The van der Waals surface area contributed by atoms with E-state index in [1.165, 1.54) is 0 Å². The second-order valence-electron chi connectivity index (χ2n) is 7.32. The number of carbonyl (C=O) groups is 1. The van der Waals surface area contributed by atoms with Gasteiger partial charge in [-0.15, -0.1) is 0 Å². The monoisotopic (exact) mass is 350 g/mol. The molecule has 3 heteroatoms. The van der Waals surface area contributed by atoms with E-state index in [4.69, 9.17) is 0 Å². The van der Waals surface area contributed by atoms with E-state index in [9.17, 15) is 4.79 Å². The Kier molecular flexibility index (Phi) is 6.45. The molecule has 1 fully saturated rings. The van der Waals surface area contributed by atoms with Gasteiger partial charge in [0.1, 0.15) is 0 Å². The molecule has 1 aliphatic rings. The summed E-state index contributed by atoms with van der Waals surface area (Å²) in [7, 11) is 2.17. The molecule has 0 aromatic heterocycles. The first-order valence-electron chi connectivity index (χ1n) is 9.79. The summed E-state index contributed by atoms with van der Waals surface area (Å²) in [5, 5.41) is 0. The van der Waals surface area contributed by atoms with E-state index >= 15 is 0 Å². The molecule has 0 N–H and O–H groups in total. The van der Waals surface area contributed by atoms with Crippen molar-refractivity contribution in [2.75, 3.05) is 26.7 Å². The summed E-state index contributed by atoms with van der Waals surface area (Å²) in [5.74, 6) is 0.0300. The molecule has 1 aliphatic heterocycles. The lowest BCUT2D eigenvalue weighted by Crippen LogP contribution is -2.48. The molecule has 1 heterocycles. The first kappa shape index (κ1) is 18.7. The van der Waals surface area contributed by atoms with Crippen molar-refractivity contribution in [3.05, 3.63) is 71.8 Å². The zero-order valence-electron chi connectivity index (χ0n) is 16.0. The van der Waals surface area contributed by atoms with Crippen LogP contribution in [0.25, 0.3) is 0 Å². The second kappa shape index (κ2) is 9.00. The number of nitrogens with zero attached hydrogens (tertiary/aromatic N) is 2. The molecule has 138 valence electrons. The van der Waals surface area contributed by atoms with Crippen LogP contribution >= 0.6 is 0 Å². The van der Waals surface area contributed by atoms with Gasteiger partial charge in [0.05, 0.1) is 5.92 Å². The average Bonchev–Trinajstić information content (AvgIpc) is 2.69. The molecule has 3 nitrogen and oxygen atoms in total. The fraction of sp³-hybridized carbons (Fsp3) is 0.435. The lowest BCUT2D eigenvalue weighted by Gasteiger charge is -2.39. The molecular weight excluding hydrogens is 320 g/mol. The maximum Gasteiger partial charge on any atom is 0.234 e. The number of hydrogen-bond donors (Lipinski definition) is 0. The first-order chi connectivity index (χ1) is 12.7. The van der Waals surface area contributed by atoms with Crippen molar-refractivity contribution in [2.45, 2.75) is 38.1 Å². The molecule has 0 bridgehead atoms. The highest BCUT2D eigenvalue weighted by atomic mass is 16.2. The Morgan fingerprint density at radius 2 is 1.50 bits per heavy atom. The van der Waals surface area contributed by atoms with Crippen molar-refractivity contribution in [3.8, 4) is 0 Å². The third-order valence-electron chi connectivity index (χ3n) is 5.39. The van der Waals surface area contributed by atoms with Gasteiger partial charge in [-0.25, -0.2) is 0 Å². The number of rotatable bonds is 6. The summed E-state index contributed by atoms with van der Waals surface area (Å²) >= 11 is 0. The lowest BCUT2D eigenvalue weighted by atomic mass is 9.89. The fourth-order valence-corrected chi connectivity index (χ4v) is 3.95. The molecule has 3 rings (SSSR count). The van der Waals surface area contributed by atoms with Gasteiger partial charge in [-0.3, -0.25) is 4.79 Å². The molecule has 26 heavy (non-hydrogen) atoms. The van der Waals surface area contributed by atoms with Crippen molar-refractivity contribution in [3.63, 3.8) is 0 Å². The minimum absolute atomic E-state index is 0.219. The third-order valence-corrected chi connectivity index (χ3v) is 5.39. The van der Waals surface area contributed by atoms with Crippen LogP contribution in [-0.4, -0.2) is 48.4 Å². The Labute approximate surface area is 157 Å². The number of likely N-dealkylation sites (tertiary alicyclic amines) is 1. The van der Waals surface area contributed by atoms with Crippen LogP contribution in [0.5, 0.6) is 0 Å². The van der Waals surface area contributed by atoms with E-state index in [0.717, 1.165) is 50.0 Å². The fourth-order valence-electron chi connectivity index (χ4n) is 3.95. The number of hydrogen-bond acceptors (Lipinski definition) is 2. The Morgan fingerprint density at radius 3 is 1.96 bits per heavy atom. The minimum atomic E-state index is -0.219. The van der Waals surface area contributed by atoms with Crippen LogP contribution in [0.4, 0.5) is 0 Å². The summed E-state index contributed by atoms with van der Waals surface area (Å²) in [5.41, 5.74) is 2.16. The lowest BCUT2D eigenvalue weighted by molar-refractivity contribution is -0.135. The number of benzene rings is 2. The van der Waals surface area contributed by atoms with Crippen molar-refractivity contribution >= 4 is 5.91 Å². The predicted molar refractivity (Wildman–Crippen MR) is 107 cm³/mol. The molecule has 0 atom stereocenters. The van der Waals surface area contributed by atoms with Crippen LogP contribution in [0, 0.1) is 0 Å². The topological polar surface area (TPSA) is 23.6 Å². The van der Waals surface area contributed by atoms with Gasteiger partial charge >= 0.3 is 0 Å². The highest BCUT2D eigenvalue weighted by Crippen LogP contribution is 2.29. The molecule has 1 amide bonds. The van der Waals surface area contributed by atoms with E-state index in [1.54, 1.807) is 0 Å². The van der Waals surface area contributed by atoms with Crippen LogP contribution in [0.15, 0.2) is 60.7 Å². The molecule has 2 aromatic rings. The molecule has 0 spiro atoms. The van der Waals surface area contributed by atoms with Crippen LogP contribution in [0.2, 0.25) is 0 Å². The van der Waals surface area contributed by atoms with Crippen molar-refractivity contribution in [1.29, 1.82) is 0 Å². The Hall–Kier alpha value is -2.13. The maximum atomic E-state index is 13.7. The van der Waals surface area contributed by atoms with Crippen LogP contribution in [-0.2, 0) is 4.79 Å². The summed E-state index contributed by atoms with van der Waals surface area (Å²) < 4.78 is 0. The Bertz CT molecular complexity index is 638. The summed E-state index contributed by atoms with van der Waals surface area (Å²) in [6.07, 6.45) is 3.13. The van der Waals surface area contributed by atoms with Gasteiger partial charge in [0.25, 0.3) is 0 Å². The van der Waals surface area contributed by atoms with Crippen LogP contribution in [0.1, 0.15) is 43.2 Å². The number of amides is 1. The summed E-state index contributed by atoms with van der Waals surface area (Å²) in [6.45, 7) is 5.14. The smallest absolute Gasteiger partial charge is 0.234 e. The number of piperidine rings is 1. The number of carbonyl (C=O) groups excluding carboxylic acids is 1. The van der Waals surface area contributed by atoms with E-state index in [1.807, 2.05) is 36.4 Å². The predicted octanol–water partition coefficient (Wildman–Crippen LogP) is 4.15. The molecule has 2 aromatic carbocycles. The summed E-state index contributed by atoms with van der Waals surface area (Å²) in [6, 6.07) is 20.8. The van der Waals surface area contributed by atoms with Gasteiger partial charge in [0.2, 0.25) is 5.91 Å². The molecular formula is C23H30N2O. The summed E-state index contributed by atoms with van der Waals surface area (Å²) in [4.78, 5) is 18.2. The SMILES string of the molecule is CCCN(C(=O)C(c1ccccc1)c1ccccc1)C1CCN(C)CC1. The van der Waals surface area contributed by atoms with E-state index in [-0.39, 0.29) is 11.8 Å². The van der Waals surface area contributed by atoms with Crippen LogP contribution in [0.3, 0.4) is 0 Å². The van der Waals surface area contributed by atoms with Gasteiger partial charge in [-0.1, -0.05) is 67.6 Å². The van der Waals surface area contributed by atoms with Crippen molar-refractivity contribution < 1.29 is 4.79 Å². The molecule has 0 unspecified atom stereocenters. The van der Waals surface area contributed by atoms with Gasteiger partial charge in [0, 0.05) is 12.6 Å². The zero-order chi connectivity index (χ0) is 18.4. The van der Waals surface area contributed by atoms with Gasteiger partial charge in [-0.2, -0.15) is 0 Å².